The molecular weight excluding hydrogens is 410 g/mol. The molecule has 6 nitrogen and oxygen atoms in total. The second kappa shape index (κ2) is 12.3. The van der Waals surface area contributed by atoms with E-state index in [9.17, 15) is 4.21 Å². The van der Waals surface area contributed by atoms with Crippen LogP contribution < -0.4 is 20.1 Å². The van der Waals surface area contributed by atoms with Crippen molar-refractivity contribution in [2.24, 2.45) is 4.99 Å². The molecule has 3 atom stereocenters. The molecule has 2 N–H and O–H groups in total. The molecule has 0 amide bonds. The minimum atomic E-state index is -0.726. The van der Waals surface area contributed by atoms with Crippen molar-refractivity contribution in [3.8, 4) is 11.5 Å². The van der Waals surface area contributed by atoms with E-state index in [2.05, 4.69) is 23.6 Å². The minimum absolute atomic E-state index is 0.268. The fraction of sp³-hybridized carbons (Fsp3) is 0.708. The molecule has 174 valence electrons. The summed E-state index contributed by atoms with van der Waals surface area (Å²) in [6, 6.07) is 6.33. The van der Waals surface area contributed by atoms with E-state index < -0.39 is 10.8 Å². The number of hydrogen-bond acceptors (Lipinski definition) is 4. The standard InChI is InChI=1S/C24H39N3O3S/c1-4-25-24(27-19-11-9-14-21(16-19)31(28)5-2)26-17-18-10-8-15-22(29-3)23(18)30-20-12-6-7-13-20/h8,10,15,19-21H,4-7,9,11-14,16-17H2,1-3H3,(H2,25,26,27). The summed E-state index contributed by atoms with van der Waals surface area (Å²) in [5.74, 6) is 3.15. The van der Waals surface area contributed by atoms with Crippen LogP contribution in [0.4, 0.5) is 0 Å². The van der Waals surface area contributed by atoms with Gasteiger partial charge in [0.25, 0.3) is 0 Å². The molecule has 2 saturated carbocycles. The summed E-state index contributed by atoms with van der Waals surface area (Å²) in [6.45, 7) is 5.41. The molecule has 1 aromatic carbocycles. The lowest BCUT2D eigenvalue weighted by atomic mass is 9.95. The first-order chi connectivity index (χ1) is 15.1. The van der Waals surface area contributed by atoms with Gasteiger partial charge < -0.3 is 20.1 Å². The fourth-order valence-corrected chi connectivity index (χ4v) is 5.93. The van der Waals surface area contributed by atoms with Crippen LogP contribution in [0.1, 0.15) is 70.8 Å². The molecule has 0 aromatic heterocycles. The molecule has 2 fully saturated rings. The summed E-state index contributed by atoms with van der Waals surface area (Å²) in [5.41, 5.74) is 1.04. The Kier molecular flexibility index (Phi) is 9.50. The molecular formula is C24H39N3O3S. The summed E-state index contributed by atoms with van der Waals surface area (Å²) < 4.78 is 24.2. The number of nitrogens with zero attached hydrogens (tertiary/aromatic N) is 1. The second-order valence-corrected chi connectivity index (χ2v) is 10.5. The zero-order chi connectivity index (χ0) is 22.1. The molecule has 2 aliphatic carbocycles. The van der Waals surface area contributed by atoms with Crippen molar-refractivity contribution in [3.05, 3.63) is 23.8 Å². The van der Waals surface area contributed by atoms with Gasteiger partial charge in [0, 0.05) is 40.0 Å². The number of aliphatic imine (C=N–C) groups is 1. The Morgan fingerprint density at radius 3 is 2.68 bits per heavy atom. The number of rotatable bonds is 9. The number of guanidine groups is 1. The van der Waals surface area contributed by atoms with Gasteiger partial charge in [-0.3, -0.25) is 4.21 Å². The van der Waals surface area contributed by atoms with Gasteiger partial charge >= 0.3 is 0 Å². The third-order valence-electron chi connectivity index (χ3n) is 6.24. The van der Waals surface area contributed by atoms with Gasteiger partial charge in [-0.1, -0.05) is 25.5 Å². The Hall–Kier alpha value is -1.76. The second-order valence-electron chi connectivity index (χ2n) is 8.47. The van der Waals surface area contributed by atoms with Crippen LogP contribution in [0.3, 0.4) is 0 Å². The van der Waals surface area contributed by atoms with Crippen molar-refractivity contribution in [3.63, 3.8) is 0 Å². The van der Waals surface area contributed by atoms with Crippen LogP contribution in [-0.2, 0) is 17.3 Å². The lowest BCUT2D eigenvalue weighted by Gasteiger charge is -2.30. The molecule has 0 spiro atoms. The molecule has 0 heterocycles. The molecule has 0 saturated heterocycles. The smallest absolute Gasteiger partial charge is 0.191 e. The Morgan fingerprint density at radius 1 is 1.16 bits per heavy atom. The highest BCUT2D eigenvalue weighted by Gasteiger charge is 2.26. The maximum Gasteiger partial charge on any atom is 0.191 e. The first-order valence-electron chi connectivity index (χ1n) is 11.9. The summed E-state index contributed by atoms with van der Waals surface area (Å²) >= 11 is 0. The van der Waals surface area contributed by atoms with E-state index in [4.69, 9.17) is 14.5 Å². The Morgan fingerprint density at radius 2 is 1.97 bits per heavy atom. The average molecular weight is 450 g/mol. The van der Waals surface area contributed by atoms with Crippen molar-refractivity contribution in [1.82, 2.24) is 10.6 Å². The van der Waals surface area contributed by atoms with Gasteiger partial charge in [0.15, 0.2) is 17.5 Å². The minimum Gasteiger partial charge on any atom is -0.493 e. The van der Waals surface area contributed by atoms with Crippen LogP contribution in [0, 0.1) is 0 Å². The predicted octanol–water partition coefficient (Wildman–Crippen LogP) is 4.15. The third-order valence-corrected chi connectivity index (χ3v) is 7.98. The molecule has 0 aliphatic heterocycles. The van der Waals surface area contributed by atoms with E-state index in [-0.39, 0.29) is 6.10 Å². The summed E-state index contributed by atoms with van der Waals surface area (Å²) in [6.07, 6.45) is 9.15. The van der Waals surface area contributed by atoms with Gasteiger partial charge in [0.2, 0.25) is 0 Å². The molecule has 3 unspecified atom stereocenters. The normalized spacial score (nSPS) is 23.4. The van der Waals surface area contributed by atoms with Crippen LogP contribution in [0.5, 0.6) is 11.5 Å². The van der Waals surface area contributed by atoms with Crippen molar-refractivity contribution >= 4 is 16.8 Å². The van der Waals surface area contributed by atoms with Crippen molar-refractivity contribution < 1.29 is 13.7 Å². The fourth-order valence-electron chi connectivity index (χ4n) is 4.58. The zero-order valence-electron chi connectivity index (χ0n) is 19.3. The van der Waals surface area contributed by atoms with Crippen molar-refractivity contribution in [1.29, 1.82) is 0 Å². The maximum atomic E-state index is 12.3. The van der Waals surface area contributed by atoms with Gasteiger partial charge in [-0.2, -0.15) is 0 Å². The zero-order valence-corrected chi connectivity index (χ0v) is 20.1. The van der Waals surface area contributed by atoms with E-state index in [1.54, 1.807) is 7.11 Å². The van der Waals surface area contributed by atoms with E-state index >= 15 is 0 Å². The monoisotopic (exact) mass is 449 g/mol. The van der Waals surface area contributed by atoms with Crippen molar-refractivity contribution in [2.75, 3.05) is 19.4 Å². The lowest BCUT2D eigenvalue weighted by Crippen LogP contribution is -2.46. The number of methoxy groups -OCH3 is 1. The Labute approximate surface area is 190 Å². The largest absolute Gasteiger partial charge is 0.493 e. The van der Waals surface area contributed by atoms with Gasteiger partial charge in [-0.25, -0.2) is 4.99 Å². The van der Waals surface area contributed by atoms with Crippen LogP contribution in [0.15, 0.2) is 23.2 Å². The average Bonchev–Trinajstić information content (AvgIpc) is 3.31. The number of para-hydroxylation sites is 1. The Balaban J connectivity index is 1.70. The van der Waals surface area contributed by atoms with Crippen LogP contribution >= 0.6 is 0 Å². The highest BCUT2D eigenvalue weighted by molar-refractivity contribution is 7.85. The van der Waals surface area contributed by atoms with E-state index in [0.29, 0.717) is 17.8 Å². The number of benzene rings is 1. The molecule has 1 aromatic rings. The molecule has 0 radical (unpaired) electrons. The van der Waals surface area contributed by atoms with E-state index in [1.807, 2.05) is 19.1 Å². The molecule has 3 rings (SSSR count). The highest BCUT2D eigenvalue weighted by atomic mass is 32.2. The summed E-state index contributed by atoms with van der Waals surface area (Å²) in [4.78, 5) is 4.86. The summed E-state index contributed by atoms with van der Waals surface area (Å²) in [5, 5.41) is 7.26. The Bertz CT molecular complexity index is 750. The maximum absolute atomic E-state index is 12.3. The van der Waals surface area contributed by atoms with E-state index in [1.165, 1.54) is 12.8 Å². The third kappa shape index (κ3) is 6.86. The number of nitrogens with one attached hydrogen (secondary N) is 2. The van der Waals surface area contributed by atoms with Gasteiger partial charge in [-0.15, -0.1) is 0 Å². The van der Waals surface area contributed by atoms with Gasteiger partial charge in [0.1, 0.15) is 0 Å². The first kappa shape index (κ1) is 23.9. The van der Waals surface area contributed by atoms with Gasteiger partial charge in [0.05, 0.1) is 19.8 Å². The van der Waals surface area contributed by atoms with Crippen LogP contribution in [0.2, 0.25) is 0 Å². The number of ether oxygens (including phenoxy) is 2. The van der Waals surface area contributed by atoms with E-state index in [0.717, 1.165) is 73.8 Å². The highest BCUT2D eigenvalue weighted by Crippen LogP contribution is 2.35. The molecule has 0 bridgehead atoms. The SMILES string of the molecule is CCNC(=NCc1cccc(OC)c1OC1CCCC1)NC1CCCC(S(=O)CC)C1. The quantitative estimate of drug-likeness (QED) is 0.438. The molecule has 2 aliphatic rings. The lowest BCUT2D eigenvalue weighted by molar-refractivity contribution is 0.198. The molecule has 31 heavy (non-hydrogen) atoms. The number of hydrogen-bond donors (Lipinski definition) is 2. The molecule has 7 heteroatoms. The van der Waals surface area contributed by atoms with Crippen LogP contribution in [-0.4, -0.2) is 47.0 Å². The van der Waals surface area contributed by atoms with Crippen LogP contribution in [0.25, 0.3) is 0 Å². The van der Waals surface area contributed by atoms with Gasteiger partial charge in [-0.05, 0) is 57.9 Å². The van der Waals surface area contributed by atoms with Crippen molar-refractivity contribution in [2.45, 2.75) is 89.2 Å². The predicted molar refractivity (Wildman–Crippen MR) is 129 cm³/mol. The first-order valence-corrected chi connectivity index (χ1v) is 13.3. The summed E-state index contributed by atoms with van der Waals surface area (Å²) in [7, 11) is 0.963. The topological polar surface area (TPSA) is 72.0 Å².